The molecule has 0 unspecified atom stereocenters. The Morgan fingerprint density at radius 2 is 1.71 bits per heavy atom. The van der Waals surface area contributed by atoms with Gasteiger partial charge >= 0.3 is 0 Å². The third-order valence-electron chi connectivity index (χ3n) is 14.4. The van der Waals surface area contributed by atoms with Gasteiger partial charge in [0.25, 0.3) is 0 Å². The van der Waals surface area contributed by atoms with Crippen LogP contribution in [0.1, 0.15) is 55.2 Å². The predicted molar refractivity (Wildman–Crippen MR) is 245 cm³/mol. The number of halogens is 3. The third-order valence-corrected chi connectivity index (χ3v) is 18.1. The number of nitrogens with zero attached hydrogens (tertiary/aromatic N) is 5. The number of imide groups is 2. The Kier molecular flexibility index (Phi) is 10.4. The standard InChI is InChI=1S/C47H44Br2ClN5O6S/c1-23-29-18-25(50)10-13-35(29)62-42(23)33-21-36(52(3)51-33)55-44(58)32-19-30-27(38(47(32,2)46(55)60)31-20-34(61-4)41(56)40(49)39(31)48)11-12-28-37(30)45(59)54(43(28)57)26-14-16-53(17-15-26)22-24-8-6-5-7-9-24/h5-11,13,18,20-21,26,28,30,32,37-38,56H,12,14-17,19,22H2,1-4H3/t28-,30+,32-,37-,38+,47+/m0/s1. The van der Waals surface area contributed by atoms with Gasteiger partial charge in [0.15, 0.2) is 11.5 Å². The number of carbonyl (C=O) groups excluding carboxylic acids is 4. The molecule has 1 N–H and O–H groups in total. The van der Waals surface area contributed by atoms with E-state index in [9.17, 15) is 14.7 Å². The van der Waals surface area contributed by atoms with Crippen molar-refractivity contribution in [2.45, 2.75) is 58.0 Å². The van der Waals surface area contributed by atoms with Crippen LogP contribution in [0.25, 0.3) is 20.7 Å². The second-order valence-corrected chi connectivity index (χ2v) is 20.6. The Labute approximate surface area is 384 Å². The molecule has 320 valence electrons. The van der Waals surface area contributed by atoms with Crippen molar-refractivity contribution in [3.8, 4) is 22.1 Å². The summed E-state index contributed by atoms with van der Waals surface area (Å²) in [6.45, 7) is 6.22. The Balaban J connectivity index is 1.02. The largest absolute Gasteiger partial charge is 0.503 e. The topological polar surface area (TPSA) is 125 Å². The van der Waals surface area contributed by atoms with Gasteiger partial charge in [0.05, 0.1) is 39.6 Å². The first-order valence-corrected chi connectivity index (χ1v) is 23.7. The maximum absolute atomic E-state index is 15.4. The van der Waals surface area contributed by atoms with Crippen LogP contribution in [0.2, 0.25) is 5.02 Å². The fourth-order valence-corrected chi connectivity index (χ4v) is 13.6. The number of piperidine rings is 1. The first-order valence-electron chi connectivity index (χ1n) is 20.9. The van der Waals surface area contributed by atoms with Crippen LogP contribution < -0.4 is 9.64 Å². The first-order chi connectivity index (χ1) is 29.7. The van der Waals surface area contributed by atoms with Gasteiger partial charge < -0.3 is 9.84 Å². The molecular formula is C47H44Br2ClN5O6S. The number of carbonyl (C=O) groups is 4. The zero-order valence-corrected chi connectivity index (χ0v) is 39.3. The van der Waals surface area contributed by atoms with Gasteiger partial charge in [0, 0.05) is 58.9 Å². The van der Waals surface area contributed by atoms with Gasteiger partial charge in [-0.25, -0.2) is 4.90 Å². The van der Waals surface area contributed by atoms with Crippen molar-refractivity contribution in [1.29, 1.82) is 0 Å². The molecule has 2 aliphatic carbocycles. The Morgan fingerprint density at radius 3 is 2.44 bits per heavy atom. The number of fused-ring (bicyclic) bond motifs is 5. The molecule has 5 aromatic rings. The number of likely N-dealkylation sites (tertiary alicyclic amines) is 2. The molecule has 3 aliphatic heterocycles. The van der Waals surface area contributed by atoms with Gasteiger partial charge in [0.2, 0.25) is 23.6 Å². The van der Waals surface area contributed by atoms with E-state index >= 15 is 9.59 Å². The van der Waals surface area contributed by atoms with E-state index in [1.165, 1.54) is 17.6 Å². The second-order valence-electron chi connectivity index (χ2n) is 17.6. The minimum atomic E-state index is -1.33. The molecule has 15 heteroatoms. The molecule has 5 aliphatic rings. The van der Waals surface area contributed by atoms with Crippen LogP contribution in [0.3, 0.4) is 0 Å². The van der Waals surface area contributed by atoms with Crippen LogP contribution in [-0.2, 0) is 32.8 Å². The number of thiophene rings is 1. The van der Waals surface area contributed by atoms with Crippen LogP contribution in [0, 0.1) is 36.0 Å². The normalized spacial score (nSPS) is 26.6. The van der Waals surface area contributed by atoms with Crippen molar-refractivity contribution in [2.75, 3.05) is 25.1 Å². The van der Waals surface area contributed by atoms with Gasteiger partial charge in [-0.15, -0.1) is 11.3 Å². The van der Waals surface area contributed by atoms with Crippen LogP contribution in [0.5, 0.6) is 11.5 Å². The number of aryl methyl sites for hydroxylation is 2. The van der Waals surface area contributed by atoms with E-state index in [1.807, 2.05) is 56.3 Å². The summed E-state index contributed by atoms with van der Waals surface area (Å²) >= 11 is 15.2. The summed E-state index contributed by atoms with van der Waals surface area (Å²) in [7, 11) is 3.19. The number of phenolic OH excluding ortho intramolecular Hbond substituents is 1. The summed E-state index contributed by atoms with van der Waals surface area (Å²) < 4.78 is 9.11. The summed E-state index contributed by atoms with van der Waals surface area (Å²) in [5.74, 6) is -3.99. The van der Waals surface area contributed by atoms with Crippen molar-refractivity contribution in [3.05, 3.63) is 103 Å². The molecule has 10 rings (SSSR count). The summed E-state index contributed by atoms with van der Waals surface area (Å²) in [5, 5.41) is 17.6. The fraction of sp³-hybridized carbons (Fsp3) is 0.383. The van der Waals surface area contributed by atoms with Gasteiger partial charge in [0.1, 0.15) is 11.5 Å². The highest BCUT2D eigenvalue weighted by molar-refractivity contribution is 9.13. The van der Waals surface area contributed by atoms with E-state index in [4.69, 9.17) is 21.4 Å². The van der Waals surface area contributed by atoms with E-state index in [1.54, 1.807) is 40.1 Å². The van der Waals surface area contributed by atoms with Crippen molar-refractivity contribution < 1.29 is 29.0 Å². The molecule has 4 amide bonds. The fourth-order valence-electron chi connectivity index (χ4n) is 11.3. The highest BCUT2D eigenvalue weighted by atomic mass is 79.9. The van der Waals surface area contributed by atoms with E-state index in [0.717, 1.165) is 45.7 Å². The average Bonchev–Trinajstić information content (AvgIpc) is 3.94. The van der Waals surface area contributed by atoms with E-state index in [-0.39, 0.29) is 47.6 Å². The predicted octanol–water partition coefficient (Wildman–Crippen LogP) is 9.40. The molecule has 4 fully saturated rings. The van der Waals surface area contributed by atoms with Crippen LogP contribution in [0.4, 0.5) is 5.82 Å². The van der Waals surface area contributed by atoms with Gasteiger partial charge in [-0.3, -0.25) is 33.7 Å². The van der Waals surface area contributed by atoms with Crippen molar-refractivity contribution in [3.63, 3.8) is 0 Å². The summed E-state index contributed by atoms with van der Waals surface area (Å²) in [6.07, 6.45) is 3.99. The maximum Gasteiger partial charge on any atom is 0.242 e. The number of methoxy groups -OCH3 is 1. The second kappa shape index (κ2) is 15.4. The third kappa shape index (κ3) is 6.21. The first kappa shape index (κ1) is 41.7. The van der Waals surface area contributed by atoms with Crippen LogP contribution >= 0.6 is 54.8 Å². The van der Waals surface area contributed by atoms with Gasteiger partial charge in [-0.2, -0.15) is 5.10 Å². The minimum Gasteiger partial charge on any atom is -0.503 e. The minimum absolute atomic E-state index is 0.117. The number of hydrogen-bond donors (Lipinski definition) is 1. The molecule has 0 radical (unpaired) electrons. The maximum atomic E-state index is 15.4. The molecular weight excluding hydrogens is 958 g/mol. The molecule has 0 bridgehead atoms. The lowest BCUT2D eigenvalue weighted by Crippen LogP contribution is -2.49. The smallest absolute Gasteiger partial charge is 0.242 e. The van der Waals surface area contributed by atoms with Crippen LogP contribution in [-0.4, -0.2) is 74.6 Å². The Hall–Kier alpha value is -4.34. The van der Waals surface area contributed by atoms with Gasteiger partial charge in [-0.05, 0) is 124 Å². The quantitative estimate of drug-likeness (QED) is 0.126. The Morgan fingerprint density at radius 1 is 0.968 bits per heavy atom. The number of aromatic hydroxyl groups is 1. The molecule has 6 atom stereocenters. The highest BCUT2D eigenvalue weighted by Crippen LogP contribution is 2.65. The van der Waals surface area contributed by atoms with E-state index < -0.39 is 35.0 Å². The van der Waals surface area contributed by atoms with Crippen molar-refractivity contribution in [1.82, 2.24) is 19.6 Å². The summed E-state index contributed by atoms with van der Waals surface area (Å²) in [5.41, 5.74) is 3.00. The zero-order valence-electron chi connectivity index (χ0n) is 34.5. The number of hydrogen-bond acceptors (Lipinski definition) is 9. The molecule has 0 spiro atoms. The monoisotopic (exact) mass is 999 g/mol. The molecule has 62 heavy (non-hydrogen) atoms. The molecule has 3 saturated heterocycles. The number of benzene rings is 3. The Bertz CT molecular complexity index is 2760. The molecule has 1 saturated carbocycles. The summed E-state index contributed by atoms with van der Waals surface area (Å²) in [6, 6.07) is 19.4. The number of amides is 4. The number of allylic oxidation sites excluding steroid dienone is 2. The molecule has 3 aromatic carbocycles. The van der Waals surface area contributed by atoms with E-state index in [0.29, 0.717) is 50.3 Å². The number of anilines is 1. The number of ether oxygens (including phenoxy) is 1. The average molecular weight is 1000 g/mol. The van der Waals surface area contributed by atoms with E-state index in [2.05, 4.69) is 48.9 Å². The highest BCUT2D eigenvalue weighted by Gasteiger charge is 2.68. The van der Waals surface area contributed by atoms with Crippen molar-refractivity contribution >= 4 is 94.3 Å². The lowest BCUT2D eigenvalue weighted by Gasteiger charge is -2.49. The van der Waals surface area contributed by atoms with Crippen molar-refractivity contribution in [2.24, 2.45) is 36.1 Å². The SMILES string of the molecule is COc1cc([C@H]2C3=CC[C@@H]4C(=O)N(C5CCN(Cc6ccccc6)CC5)C(=O)[C@@H]4[C@@H]3C[C@H]3C(=O)N(c4cc(-c5sc6ccc(Cl)cc6c5C)nn4C)C(=O)[C@@]23C)c(Br)c(Br)c1O. The van der Waals surface area contributed by atoms with Crippen LogP contribution in [0.15, 0.2) is 81.3 Å². The molecule has 11 nitrogen and oxygen atoms in total. The summed E-state index contributed by atoms with van der Waals surface area (Å²) in [4.78, 5) is 66.0. The lowest BCUT2D eigenvalue weighted by atomic mass is 9.51. The van der Waals surface area contributed by atoms with Gasteiger partial charge in [-0.1, -0.05) is 53.6 Å². The lowest BCUT2D eigenvalue weighted by molar-refractivity contribution is -0.144. The zero-order chi connectivity index (χ0) is 43.5. The molecule has 5 heterocycles. The number of rotatable bonds is 7. The number of phenols is 1. The molecule has 2 aromatic heterocycles. The number of aromatic nitrogens is 2.